The average Bonchev–Trinajstić information content (AvgIpc) is 2.81. The van der Waals surface area contributed by atoms with E-state index in [1.165, 1.54) is 7.11 Å². The van der Waals surface area contributed by atoms with Crippen LogP contribution in [-0.2, 0) is 16.1 Å². The Labute approximate surface area is 95.6 Å². The predicted molar refractivity (Wildman–Crippen MR) is 60.7 cm³/mol. The molecule has 16 heavy (non-hydrogen) atoms. The van der Waals surface area contributed by atoms with Crippen LogP contribution in [0.5, 0.6) is 0 Å². The molecule has 0 aromatic carbocycles. The van der Waals surface area contributed by atoms with Crippen LogP contribution in [0.4, 0.5) is 0 Å². The van der Waals surface area contributed by atoms with Crippen LogP contribution in [0.15, 0.2) is 12.3 Å². The van der Waals surface area contributed by atoms with Gasteiger partial charge < -0.3 is 4.74 Å². The second-order valence-electron chi connectivity index (χ2n) is 3.85. The number of methoxy groups -OCH3 is 1. The topological polar surface area (TPSA) is 67.0 Å². The third-order valence-corrected chi connectivity index (χ3v) is 2.74. The Bertz CT molecular complexity index is 311. The van der Waals surface area contributed by atoms with Crippen LogP contribution in [0.2, 0.25) is 0 Å². The Morgan fingerprint density at radius 1 is 1.69 bits per heavy atom. The smallest absolute Gasteiger partial charge is 0.323 e. The van der Waals surface area contributed by atoms with Crippen LogP contribution >= 0.6 is 0 Å². The minimum atomic E-state index is -0.265. The molecule has 2 N–H and O–H groups in total. The molecule has 2 atom stereocenters. The molecule has 1 rings (SSSR count). The Morgan fingerprint density at radius 3 is 2.94 bits per heavy atom. The van der Waals surface area contributed by atoms with Crippen molar-refractivity contribution in [3.8, 4) is 0 Å². The largest absolute Gasteiger partial charge is 0.468 e. The Kier molecular flexibility index (Phi) is 4.98. The first-order chi connectivity index (χ1) is 7.69. The quantitative estimate of drug-likeness (QED) is 0.711. The molecule has 5 heteroatoms. The summed E-state index contributed by atoms with van der Waals surface area (Å²) in [4.78, 5) is 11.6. The lowest BCUT2D eigenvalue weighted by atomic mass is 9.99. The van der Waals surface area contributed by atoms with E-state index in [0.717, 1.165) is 12.1 Å². The summed E-state index contributed by atoms with van der Waals surface area (Å²) in [7, 11) is 1.41. The fourth-order valence-electron chi connectivity index (χ4n) is 1.48. The van der Waals surface area contributed by atoms with Gasteiger partial charge in [0.25, 0.3) is 0 Å². The van der Waals surface area contributed by atoms with E-state index in [-0.39, 0.29) is 17.9 Å². The van der Waals surface area contributed by atoms with Crippen molar-refractivity contribution in [2.45, 2.75) is 32.9 Å². The van der Waals surface area contributed by atoms with E-state index >= 15 is 0 Å². The van der Waals surface area contributed by atoms with E-state index in [1.807, 2.05) is 13.0 Å². The molecule has 0 spiro atoms. The summed E-state index contributed by atoms with van der Waals surface area (Å²) in [5.41, 5.74) is 0.956. The summed E-state index contributed by atoms with van der Waals surface area (Å²) in [6.45, 7) is 4.67. The molecule has 5 nitrogen and oxygen atoms in total. The average molecular weight is 225 g/mol. The Balaban J connectivity index is 2.53. The molecule has 1 aromatic rings. The standard InChI is InChI=1S/C11H19N3O2/c1-4-8(2)10(11(15)16-3)12-7-9-5-6-13-14-9/h5-6,8,10,12H,4,7H2,1-3H3,(H,13,14). The third-order valence-electron chi connectivity index (χ3n) is 2.74. The van der Waals surface area contributed by atoms with Crippen LogP contribution in [-0.4, -0.2) is 29.3 Å². The summed E-state index contributed by atoms with van der Waals surface area (Å²) in [6.07, 6.45) is 2.61. The van der Waals surface area contributed by atoms with Gasteiger partial charge in [-0.15, -0.1) is 0 Å². The van der Waals surface area contributed by atoms with Crippen molar-refractivity contribution in [1.29, 1.82) is 0 Å². The van der Waals surface area contributed by atoms with E-state index in [4.69, 9.17) is 4.74 Å². The second-order valence-corrected chi connectivity index (χ2v) is 3.85. The molecule has 0 bridgehead atoms. The van der Waals surface area contributed by atoms with Crippen molar-refractivity contribution >= 4 is 5.97 Å². The molecule has 1 aromatic heterocycles. The number of nitrogens with one attached hydrogen (secondary N) is 2. The monoisotopic (exact) mass is 225 g/mol. The SMILES string of the molecule is CCC(C)C(NCc1ccn[nH]1)C(=O)OC. The normalized spacial score (nSPS) is 14.4. The first-order valence-electron chi connectivity index (χ1n) is 5.48. The predicted octanol–water partition coefficient (Wildman–Crippen LogP) is 1.09. The molecule has 0 fully saturated rings. The number of hydrogen-bond acceptors (Lipinski definition) is 4. The summed E-state index contributed by atoms with van der Waals surface area (Å²) >= 11 is 0. The summed E-state index contributed by atoms with van der Waals surface area (Å²) < 4.78 is 4.78. The second kappa shape index (κ2) is 6.27. The number of aromatic amines is 1. The first-order valence-corrected chi connectivity index (χ1v) is 5.48. The molecule has 90 valence electrons. The number of ether oxygens (including phenoxy) is 1. The van der Waals surface area contributed by atoms with Gasteiger partial charge in [0.05, 0.1) is 7.11 Å². The Hall–Kier alpha value is -1.36. The number of hydrogen-bond donors (Lipinski definition) is 2. The van der Waals surface area contributed by atoms with Gasteiger partial charge in [-0.3, -0.25) is 15.2 Å². The van der Waals surface area contributed by atoms with E-state index in [1.54, 1.807) is 6.20 Å². The van der Waals surface area contributed by atoms with Crippen LogP contribution < -0.4 is 5.32 Å². The van der Waals surface area contributed by atoms with Gasteiger partial charge in [0.1, 0.15) is 6.04 Å². The van der Waals surface area contributed by atoms with Gasteiger partial charge in [-0.1, -0.05) is 20.3 Å². The summed E-state index contributed by atoms with van der Waals surface area (Å²) in [5.74, 6) is 0.0317. The minimum Gasteiger partial charge on any atom is -0.468 e. The van der Waals surface area contributed by atoms with Crippen LogP contribution in [0.3, 0.4) is 0 Å². The van der Waals surface area contributed by atoms with Gasteiger partial charge in [-0.05, 0) is 12.0 Å². The van der Waals surface area contributed by atoms with E-state index < -0.39 is 0 Å². The van der Waals surface area contributed by atoms with Crippen molar-refractivity contribution in [2.24, 2.45) is 5.92 Å². The van der Waals surface area contributed by atoms with E-state index in [0.29, 0.717) is 6.54 Å². The van der Waals surface area contributed by atoms with E-state index in [2.05, 4.69) is 22.4 Å². The number of carbonyl (C=O) groups excluding carboxylic acids is 1. The molecule has 0 saturated heterocycles. The Morgan fingerprint density at radius 2 is 2.44 bits per heavy atom. The lowest BCUT2D eigenvalue weighted by Gasteiger charge is -2.21. The van der Waals surface area contributed by atoms with Crippen LogP contribution in [0.25, 0.3) is 0 Å². The highest BCUT2D eigenvalue weighted by molar-refractivity contribution is 5.75. The molecular weight excluding hydrogens is 206 g/mol. The molecule has 0 saturated carbocycles. The zero-order chi connectivity index (χ0) is 12.0. The van der Waals surface area contributed by atoms with Crippen molar-refractivity contribution in [2.75, 3.05) is 7.11 Å². The van der Waals surface area contributed by atoms with E-state index in [9.17, 15) is 4.79 Å². The number of H-pyrrole nitrogens is 1. The lowest BCUT2D eigenvalue weighted by Crippen LogP contribution is -2.42. The molecule has 1 heterocycles. The fourth-order valence-corrected chi connectivity index (χ4v) is 1.48. The fraction of sp³-hybridized carbons (Fsp3) is 0.636. The van der Waals surface area contributed by atoms with Crippen molar-refractivity contribution in [3.63, 3.8) is 0 Å². The van der Waals surface area contributed by atoms with Gasteiger partial charge in [-0.2, -0.15) is 5.10 Å². The van der Waals surface area contributed by atoms with Crippen LogP contribution in [0.1, 0.15) is 26.0 Å². The van der Waals surface area contributed by atoms with Gasteiger partial charge in [0.15, 0.2) is 0 Å². The maximum Gasteiger partial charge on any atom is 0.323 e. The van der Waals surface area contributed by atoms with Crippen molar-refractivity contribution in [1.82, 2.24) is 15.5 Å². The van der Waals surface area contributed by atoms with Gasteiger partial charge in [-0.25, -0.2) is 0 Å². The molecule has 0 radical (unpaired) electrons. The highest BCUT2D eigenvalue weighted by Gasteiger charge is 2.24. The number of esters is 1. The first kappa shape index (κ1) is 12.7. The maximum atomic E-state index is 11.6. The zero-order valence-corrected chi connectivity index (χ0v) is 9.99. The van der Waals surface area contributed by atoms with Gasteiger partial charge in [0.2, 0.25) is 0 Å². The molecule has 0 aliphatic rings. The number of nitrogens with zero attached hydrogens (tertiary/aromatic N) is 1. The molecular formula is C11H19N3O2. The minimum absolute atomic E-state index is 0.214. The number of rotatable bonds is 6. The zero-order valence-electron chi connectivity index (χ0n) is 9.99. The molecule has 0 aliphatic heterocycles. The molecule has 0 amide bonds. The van der Waals surface area contributed by atoms with Crippen molar-refractivity contribution < 1.29 is 9.53 Å². The van der Waals surface area contributed by atoms with Crippen LogP contribution in [0, 0.1) is 5.92 Å². The number of carbonyl (C=O) groups is 1. The number of aromatic nitrogens is 2. The van der Waals surface area contributed by atoms with Gasteiger partial charge >= 0.3 is 5.97 Å². The highest BCUT2D eigenvalue weighted by Crippen LogP contribution is 2.09. The molecule has 2 unspecified atom stereocenters. The highest BCUT2D eigenvalue weighted by atomic mass is 16.5. The lowest BCUT2D eigenvalue weighted by molar-refractivity contribution is -0.144. The van der Waals surface area contributed by atoms with Crippen molar-refractivity contribution in [3.05, 3.63) is 18.0 Å². The molecule has 0 aliphatic carbocycles. The summed E-state index contributed by atoms with van der Waals surface area (Å²) in [5, 5.41) is 9.87. The summed E-state index contributed by atoms with van der Waals surface area (Å²) in [6, 6.07) is 1.61. The third kappa shape index (κ3) is 3.34. The maximum absolute atomic E-state index is 11.6. The van der Waals surface area contributed by atoms with Gasteiger partial charge in [0, 0.05) is 18.4 Å².